The van der Waals surface area contributed by atoms with Crippen LogP contribution in [-0.2, 0) is 4.79 Å². The molecule has 0 aliphatic carbocycles. The molecule has 2 rings (SSSR count). The third-order valence-electron chi connectivity index (χ3n) is 3.17. The van der Waals surface area contributed by atoms with Crippen molar-refractivity contribution in [2.75, 3.05) is 36.8 Å². The summed E-state index contributed by atoms with van der Waals surface area (Å²) < 4.78 is 0. The zero-order valence-corrected chi connectivity index (χ0v) is 11.1. The van der Waals surface area contributed by atoms with Crippen LogP contribution >= 0.6 is 12.6 Å². The predicted octanol–water partition coefficient (Wildman–Crippen LogP) is 1.36. The van der Waals surface area contributed by atoms with Crippen LogP contribution in [0, 0.1) is 0 Å². The van der Waals surface area contributed by atoms with Crippen molar-refractivity contribution in [3.63, 3.8) is 0 Å². The number of nitrogens with zero attached hydrogens (tertiary/aromatic N) is 2. The number of phenolic OH excluding ortho intramolecular Hbond substituents is 1. The number of hydrogen-bond donors (Lipinski definition) is 2. The first-order chi connectivity index (χ1) is 8.70. The lowest BCUT2D eigenvalue weighted by Gasteiger charge is -2.36. The summed E-state index contributed by atoms with van der Waals surface area (Å²) in [7, 11) is 0. The van der Waals surface area contributed by atoms with Crippen LogP contribution < -0.4 is 4.90 Å². The van der Waals surface area contributed by atoms with Gasteiger partial charge in [0.25, 0.3) is 0 Å². The van der Waals surface area contributed by atoms with Gasteiger partial charge in [-0.15, -0.1) is 0 Å². The highest BCUT2D eigenvalue weighted by Gasteiger charge is 2.20. The van der Waals surface area contributed by atoms with Gasteiger partial charge in [-0.2, -0.15) is 12.6 Å². The van der Waals surface area contributed by atoms with Crippen molar-refractivity contribution >= 4 is 24.2 Å². The Morgan fingerprint density at radius 1 is 1.17 bits per heavy atom. The van der Waals surface area contributed by atoms with E-state index in [2.05, 4.69) is 17.5 Å². The monoisotopic (exact) mass is 266 g/mol. The predicted molar refractivity (Wildman–Crippen MR) is 75.4 cm³/mol. The Morgan fingerprint density at radius 3 is 2.33 bits per heavy atom. The fourth-order valence-electron chi connectivity index (χ4n) is 2.13. The highest BCUT2D eigenvalue weighted by Crippen LogP contribution is 2.19. The number of carbonyl (C=O) groups excluding carboxylic acids is 1. The van der Waals surface area contributed by atoms with Crippen molar-refractivity contribution in [3.05, 3.63) is 24.3 Å². The first-order valence-electron chi connectivity index (χ1n) is 6.13. The quantitative estimate of drug-likeness (QED) is 0.812. The number of benzene rings is 1. The van der Waals surface area contributed by atoms with Crippen molar-refractivity contribution in [1.29, 1.82) is 0 Å². The van der Waals surface area contributed by atoms with E-state index in [1.807, 2.05) is 17.0 Å². The maximum atomic E-state index is 11.7. The Balaban J connectivity index is 1.90. The number of carbonyl (C=O) groups is 1. The standard InChI is InChI=1S/C13H18N2O2S/c16-12-3-1-11(2-4-12)14-6-8-15(9-7-14)13(17)5-10-18/h1-4,16,18H,5-10H2. The first-order valence-corrected chi connectivity index (χ1v) is 6.76. The molecule has 18 heavy (non-hydrogen) atoms. The minimum absolute atomic E-state index is 0.190. The van der Waals surface area contributed by atoms with Gasteiger partial charge < -0.3 is 14.9 Å². The molecule has 0 spiro atoms. The minimum atomic E-state index is 0.190. The molecule has 1 saturated heterocycles. The summed E-state index contributed by atoms with van der Waals surface area (Å²) in [6.07, 6.45) is 0.516. The Bertz CT molecular complexity index is 400. The third kappa shape index (κ3) is 3.10. The summed E-state index contributed by atoms with van der Waals surface area (Å²) in [5, 5.41) is 9.25. The largest absolute Gasteiger partial charge is 0.508 e. The van der Waals surface area contributed by atoms with Crippen molar-refractivity contribution in [2.24, 2.45) is 0 Å². The average molecular weight is 266 g/mol. The summed E-state index contributed by atoms with van der Waals surface area (Å²) in [6, 6.07) is 7.18. The summed E-state index contributed by atoms with van der Waals surface area (Å²) >= 11 is 4.08. The molecule has 1 aromatic carbocycles. The first kappa shape index (κ1) is 13.1. The minimum Gasteiger partial charge on any atom is -0.508 e. The fourth-order valence-corrected chi connectivity index (χ4v) is 2.32. The number of piperazine rings is 1. The normalized spacial score (nSPS) is 15.8. The van der Waals surface area contributed by atoms with E-state index in [0.717, 1.165) is 31.9 Å². The van der Waals surface area contributed by atoms with Crippen molar-refractivity contribution in [1.82, 2.24) is 4.90 Å². The van der Waals surface area contributed by atoms with Gasteiger partial charge >= 0.3 is 0 Å². The molecule has 1 aliphatic rings. The Morgan fingerprint density at radius 2 is 1.78 bits per heavy atom. The number of aromatic hydroxyl groups is 1. The lowest BCUT2D eigenvalue weighted by atomic mass is 10.2. The van der Waals surface area contributed by atoms with Gasteiger partial charge in [-0.25, -0.2) is 0 Å². The van der Waals surface area contributed by atoms with Gasteiger partial charge in [0.2, 0.25) is 5.91 Å². The molecule has 0 saturated carbocycles. The van der Waals surface area contributed by atoms with Gasteiger partial charge in [0.15, 0.2) is 0 Å². The molecule has 98 valence electrons. The smallest absolute Gasteiger partial charge is 0.223 e. The lowest BCUT2D eigenvalue weighted by molar-refractivity contribution is -0.131. The van der Waals surface area contributed by atoms with Crippen LogP contribution in [0.2, 0.25) is 0 Å². The summed E-state index contributed by atoms with van der Waals surface area (Å²) in [5.41, 5.74) is 1.09. The lowest BCUT2D eigenvalue weighted by Crippen LogP contribution is -2.48. The molecule has 1 N–H and O–H groups in total. The van der Waals surface area contributed by atoms with E-state index in [1.54, 1.807) is 12.1 Å². The summed E-state index contributed by atoms with van der Waals surface area (Å²) in [4.78, 5) is 15.8. The van der Waals surface area contributed by atoms with E-state index >= 15 is 0 Å². The van der Waals surface area contributed by atoms with Crippen LogP contribution in [0.4, 0.5) is 5.69 Å². The van der Waals surface area contributed by atoms with Crippen LogP contribution in [0.5, 0.6) is 5.75 Å². The Labute approximate surface area is 113 Å². The second-order valence-corrected chi connectivity index (χ2v) is 4.81. The second kappa shape index (κ2) is 6.00. The van der Waals surface area contributed by atoms with E-state index in [1.165, 1.54) is 0 Å². The molecule has 0 aromatic heterocycles. The Hall–Kier alpha value is -1.36. The van der Waals surface area contributed by atoms with Crippen molar-refractivity contribution < 1.29 is 9.90 Å². The molecular formula is C13H18N2O2S. The average Bonchev–Trinajstić information content (AvgIpc) is 2.40. The molecule has 1 amide bonds. The molecule has 0 bridgehead atoms. The highest BCUT2D eigenvalue weighted by molar-refractivity contribution is 7.80. The highest BCUT2D eigenvalue weighted by atomic mass is 32.1. The van der Waals surface area contributed by atoms with E-state index in [0.29, 0.717) is 12.2 Å². The molecule has 5 heteroatoms. The molecule has 0 radical (unpaired) electrons. The molecule has 4 nitrogen and oxygen atoms in total. The number of hydrogen-bond acceptors (Lipinski definition) is 4. The van der Waals surface area contributed by atoms with Gasteiger partial charge in [-0.05, 0) is 30.0 Å². The maximum absolute atomic E-state index is 11.7. The van der Waals surface area contributed by atoms with Crippen molar-refractivity contribution in [3.8, 4) is 5.75 Å². The third-order valence-corrected chi connectivity index (χ3v) is 3.40. The van der Waals surface area contributed by atoms with E-state index in [-0.39, 0.29) is 11.7 Å². The molecule has 0 atom stereocenters. The van der Waals surface area contributed by atoms with Crippen LogP contribution in [-0.4, -0.2) is 47.8 Å². The van der Waals surface area contributed by atoms with E-state index < -0.39 is 0 Å². The van der Waals surface area contributed by atoms with Gasteiger partial charge in [-0.1, -0.05) is 0 Å². The summed E-state index contributed by atoms with van der Waals surface area (Å²) in [5.74, 6) is 1.08. The molecule has 0 unspecified atom stereocenters. The van der Waals surface area contributed by atoms with E-state index in [9.17, 15) is 9.90 Å². The van der Waals surface area contributed by atoms with Crippen LogP contribution in [0.25, 0.3) is 0 Å². The fraction of sp³-hybridized carbons (Fsp3) is 0.462. The van der Waals surface area contributed by atoms with Gasteiger partial charge in [0.05, 0.1) is 0 Å². The van der Waals surface area contributed by atoms with Crippen molar-refractivity contribution in [2.45, 2.75) is 6.42 Å². The number of amides is 1. The topological polar surface area (TPSA) is 43.8 Å². The molecule has 1 fully saturated rings. The van der Waals surface area contributed by atoms with Gasteiger partial charge in [-0.3, -0.25) is 4.79 Å². The van der Waals surface area contributed by atoms with Crippen LogP contribution in [0.15, 0.2) is 24.3 Å². The number of anilines is 1. The second-order valence-electron chi connectivity index (χ2n) is 4.36. The van der Waals surface area contributed by atoms with E-state index in [4.69, 9.17) is 0 Å². The molecular weight excluding hydrogens is 248 g/mol. The summed E-state index contributed by atoms with van der Waals surface area (Å²) in [6.45, 7) is 3.19. The maximum Gasteiger partial charge on any atom is 0.223 e. The number of phenols is 1. The zero-order chi connectivity index (χ0) is 13.0. The van der Waals surface area contributed by atoms with Gasteiger partial charge in [0.1, 0.15) is 5.75 Å². The van der Waals surface area contributed by atoms with Gasteiger partial charge in [0, 0.05) is 38.3 Å². The Kier molecular flexibility index (Phi) is 4.36. The van der Waals surface area contributed by atoms with Crippen LogP contribution in [0.1, 0.15) is 6.42 Å². The molecule has 1 aliphatic heterocycles. The molecule has 1 aromatic rings. The number of rotatable bonds is 3. The zero-order valence-electron chi connectivity index (χ0n) is 10.2. The molecule has 1 heterocycles. The number of thiol groups is 1. The van der Waals surface area contributed by atoms with Crippen LogP contribution in [0.3, 0.4) is 0 Å². The SMILES string of the molecule is O=C(CCS)N1CCN(c2ccc(O)cc2)CC1.